The van der Waals surface area contributed by atoms with Gasteiger partial charge in [0.25, 0.3) is 0 Å². The van der Waals surface area contributed by atoms with Crippen molar-refractivity contribution in [3.8, 4) is 11.5 Å². The third kappa shape index (κ3) is 8.36. The van der Waals surface area contributed by atoms with Crippen LogP contribution in [0.1, 0.15) is 43.7 Å². The van der Waals surface area contributed by atoms with Gasteiger partial charge in [-0.05, 0) is 44.0 Å². The Kier molecular flexibility index (Phi) is 11.0. The molecule has 1 aliphatic rings. The molecular formula is C28H37NO8. The van der Waals surface area contributed by atoms with Crippen LogP contribution in [0, 0.1) is 0 Å². The summed E-state index contributed by atoms with van der Waals surface area (Å²) in [6.07, 6.45) is -0.903. The Hall–Kier alpha value is -3.30. The number of amides is 1. The summed E-state index contributed by atoms with van der Waals surface area (Å²) in [5.41, 5.74) is 2.02. The number of para-hydroxylation sites is 1. The molecule has 0 aliphatic carbocycles. The number of rotatable bonds is 13. The van der Waals surface area contributed by atoms with Crippen molar-refractivity contribution in [2.75, 3.05) is 40.0 Å². The van der Waals surface area contributed by atoms with Crippen LogP contribution in [0.4, 0.5) is 4.79 Å². The third-order valence-corrected chi connectivity index (χ3v) is 6.29. The zero-order valence-corrected chi connectivity index (χ0v) is 21.8. The first-order valence-electron chi connectivity index (χ1n) is 12.6. The van der Waals surface area contributed by atoms with Crippen LogP contribution < -0.4 is 9.47 Å². The van der Waals surface area contributed by atoms with E-state index >= 15 is 0 Å². The van der Waals surface area contributed by atoms with Gasteiger partial charge in [-0.3, -0.25) is 0 Å². The smallest absolute Gasteiger partial charge is 0.407 e. The lowest BCUT2D eigenvalue weighted by Crippen LogP contribution is -2.48. The number of carbonyl (C=O) groups excluding carboxylic acids is 1. The van der Waals surface area contributed by atoms with Gasteiger partial charge in [-0.15, -0.1) is 0 Å². The average Bonchev–Trinajstić information content (AvgIpc) is 2.91. The standard InChI is InChI=1S/C28H37NO8/c1-4-35-27(30)20(2)37-26-18-29(28(31)32)15-14-24(26)21-10-12-23(13-11-21)36-17-7-16-34-19-22-8-5-6-9-25(22)33-3/h5-6,8-13,20,24,26H,4,7,14-19H2,1-3H3,(H,31,32). The fraction of sp³-hybridized carbons (Fsp3) is 0.500. The first-order chi connectivity index (χ1) is 17.9. The zero-order valence-electron chi connectivity index (χ0n) is 21.8. The highest BCUT2D eigenvalue weighted by Gasteiger charge is 2.35. The number of piperidine rings is 1. The van der Waals surface area contributed by atoms with Crippen molar-refractivity contribution in [3.05, 3.63) is 59.7 Å². The molecule has 1 heterocycles. The van der Waals surface area contributed by atoms with E-state index in [0.29, 0.717) is 32.8 Å². The van der Waals surface area contributed by atoms with Gasteiger partial charge >= 0.3 is 12.1 Å². The highest BCUT2D eigenvalue weighted by Crippen LogP contribution is 2.32. The van der Waals surface area contributed by atoms with Gasteiger partial charge in [0.15, 0.2) is 6.10 Å². The summed E-state index contributed by atoms with van der Waals surface area (Å²) in [6.45, 7) is 5.79. The lowest BCUT2D eigenvalue weighted by atomic mass is 9.87. The summed E-state index contributed by atoms with van der Waals surface area (Å²) in [5.74, 6) is 1.05. The maximum atomic E-state index is 12.1. The fourth-order valence-corrected chi connectivity index (χ4v) is 4.35. The first-order valence-corrected chi connectivity index (χ1v) is 12.6. The Bertz CT molecular complexity index is 996. The lowest BCUT2D eigenvalue weighted by Gasteiger charge is -2.38. The molecule has 37 heavy (non-hydrogen) atoms. The van der Waals surface area contributed by atoms with E-state index < -0.39 is 24.3 Å². The Morgan fingerprint density at radius 3 is 2.57 bits per heavy atom. The van der Waals surface area contributed by atoms with Gasteiger partial charge in [0.1, 0.15) is 11.5 Å². The highest BCUT2D eigenvalue weighted by atomic mass is 16.6. The van der Waals surface area contributed by atoms with Gasteiger partial charge in [-0.1, -0.05) is 30.3 Å². The fourth-order valence-electron chi connectivity index (χ4n) is 4.35. The van der Waals surface area contributed by atoms with E-state index in [-0.39, 0.29) is 19.1 Å². The summed E-state index contributed by atoms with van der Waals surface area (Å²) in [7, 11) is 1.65. The van der Waals surface area contributed by atoms with Crippen LogP contribution in [0.3, 0.4) is 0 Å². The Balaban J connectivity index is 1.49. The molecule has 3 unspecified atom stereocenters. The normalized spacial score (nSPS) is 18.2. The van der Waals surface area contributed by atoms with Crippen molar-refractivity contribution in [1.29, 1.82) is 0 Å². The van der Waals surface area contributed by atoms with Crippen LogP contribution in [-0.4, -0.2) is 74.3 Å². The highest BCUT2D eigenvalue weighted by molar-refractivity contribution is 5.74. The van der Waals surface area contributed by atoms with Crippen molar-refractivity contribution < 1.29 is 38.4 Å². The molecule has 1 N–H and O–H groups in total. The second kappa shape index (κ2) is 14.4. The molecule has 3 rings (SSSR count). The van der Waals surface area contributed by atoms with E-state index in [9.17, 15) is 14.7 Å². The molecule has 0 radical (unpaired) electrons. The number of likely N-dealkylation sites (tertiary alicyclic amines) is 1. The SMILES string of the molecule is CCOC(=O)C(C)OC1CN(C(=O)O)CCC1c1ccc(OCCCOCc2ccccc2OC)cc1. The topological polar surface area (TPSA) is 104 Å². The molecule has 9 heteroatoms. The molecule has 0 spiro atoms. The van der Waals surface area contributed by atoms with Crippen LogP contribution in [0.5, 0.6) is 11.5 Å². The molecule has 0 bridgehead atoms. The van der Waals surface area contributed by atoms with Crippen molar-refractivity contribution in [2.45, 2.75) is 51.4 Å². The number of ether oxygens (including phenoxy) is 5. The van der Waals surface area contributed by atoms with Gasteiger partial charge in [0.2, 0.25) is 0 Å². The molecule has 9 nitrogen and oxygen atoms in total. The summed E-state index contributed by atoms with van der Waals surface area (Å²) in [4.78, 5) is 24.9. The Morgan fingerprint density at radius 1 is 1.11 bits per heavy atom. The average molecular weight is 516 g/mol. The maximum Gasteiger partial charge on any atom is 0.407 e. The maximum absolute atomic E-state index is 12.1. The van der Waals surface area contributed by atoms with Gasteiger partial charge in [-0.2, -0.15) is 0 Å². The monoisotopic (exact) mass is 515 g/mol. The quantitative estimate of drug-likeness (QED) is 0.308. The van der Waals surface area contributed by atoms with Crippen molar-refractivity contribution in [3.63, 3.8) is 0 Å². The van der Waals surface area contributed by atoms with E-state index in [1.54, 1.807) is 21.0 Å². The first kappa shape index (κ1) is 28.3. The van der Waals surface area contributed by atoms with Crippen LogP contribution in [0.15, 0.2) is 48.5 Å². The molecule has 1 aliphatic heterocycles. The summed E-state index contributed by atoms with van der Waals surface area (Å²) < 4.78 is 28.0. The lowest BCUT2D eigenvalue weighted by molar-refractivity contribution is -0.161. The number of hydrogen-bond acceptors (Lipinski definition) is 7. The number of benzene rings is 2. The van der Waals surface area contributed by atoms with Crippen molar-refractivity contribution in [2.24, 2.45) is 0 Å². The van der Waals surface area contributed by atoms with Gasteiger partial charge in [0.05, 0.1) is 46.2 Å². The molecule has 1 saturated heterocycles. The van der Waals surface area contributed by atoms with E-state index in [1.165, 1.54) is 4.90 Å². The minimum atomic E-state index is -0.994. The predicted molar refractivity (Wildman–Crippen MR) is 137 cm³/mol. The zero-order chi connectivity index (χ0) is 26.6. The summed E-state index contributed by atoms with van der Waals surface area (Å²) >= 11 is 0. The van der Waals surface area contributed by atoms with Gasteiger partial charge < -0.3 is 33.7 Å². The van der Waals surface area contributed by atoms with Crippen LogP contribution in [-0.2, 0) is 25.6 Å². The molecule has 0 saturated carbocycles. The van der Waals surface area contributed by atoms with Crippen LogP contribution >= 0.6 is 0 Å². The molecule has 1 amide bonds. The van der Waals surface area contributed by atoms with Crippen molar-refractivity contribution >= 4 is 12.1 Å². The largest absolute Gasteiger partial charge is 0.496 e. The van der Waals surface area contributed by atoms with Crippen LogP contribution in [0.25, 0.3) is 0 Å². The molecule has 2 aromatic carbocycles. The van der Waals surface area contributed by atoms with Gasteiger partial charge in [0, 0.05) is 24.4 Å². The summed E-state index contributed by atoms with van der Waals surface area (Å²) in [6, 6.07) is 15.5. The van der Waals surface area contributed by atoms with Crippen LogP contribution in [0.2, 0.25) is 0 Å². The molecule has 2 aromatic rings. The Morgan fingerprint density at radius 2 is 1.86 bits per heavy atom. The molecule has 0 aromatic heterocycles. The minimum Gasteiger partial charge on any atom is -0.496 e. The number of carboxylic acid groups (broad SMARTS) is 1. The minimum absolute atomic E-state index is 0.0510. The van der Waals surface area contributed by atoms with E-state index in [2.05, 4.69) is 0 Å². The number of hydrogen-bond donors (Lipinski definition) is 1. The van der Waals surface area contributed by atoms with Crippen molar-refractivity contribution in [1.82, 2.24) is 4.90 Å². The number of methoxy groups -OCH3 is 1. The molecule has 3 atom stereocenters. The number of nitrogens with zero attached hydrogens (tertiary/aromatic N) is 1. The molecular weight excluding hydrogens is 478 g/mol. The summed E-state index contributed by atoms with van der Waals surface area (Å²) in [5, 5.41) is 9.44. The van der Waals surface area contributed by atoms with Gasteiger partial charge in [-0.25, -0.2) is 9.59 Å². The number of esters is 1. The van der Waals surface area contributed by atoms with E-state index in [1.807, 2.05) is 48.5 Å². The molecule has 1 fully saturated rings. The van der Waals surface area contributed by atoms with E-state index in [4.69, 9.17) is 23.7 Å². The second-order valence-electron chi connectivity index (χ2n) is 8.83. The number of carbonyl (C=O) groups is 2. The Labute approximate surface area is 218 Å². The predicted octanol–water partition coefficient (Wildman–Crippen LogP) is 4.49. The third-order valence-electron chi connectivity index (χ3n) is 6.29. The second-order valence-corrected chi connectivity index (χ2v) is 8.83. The molecule has 202 valence electrons. The van der Waals surface area contributed by atoms with E-state index in [0.717, 1.165) is 29.0 Å².